The van der Waals surface area contributed by atoms with Crippen LogP contribution < -0.4 is 27.1 Å². The molecule has 2 aliphatic rings. The lowest BCUT2D eigenvalue weighted by Crippen LogP contribution is -2.46. The molecule has 2 atom stereocenters. The molecule has 0 spiro atoms. The van der Waals surface area contributed by atoms with E-state index in [0.29, 0.717) is 32.2 Å². The molecule has 0 bridgehead atoms. The quantitative estimate of drug-likeness (QED) is 0.302. The van der Waals surface area contributed by atoms with Crippen molar-refractivity contribution in [1.82, 2.24) is 9.88 Å². The van der Waals surface area contributed by atoms with Crippen molar-refractivity contribution >= 4 is 46.6 Å². The van der Waals surface area contributed by atoms with Crippen LogP contribution in [0.3, 0.4) is 0 Å². The third-order valence-electron chi connectivity index (χ3n) is 7.73. The highest BCUT2D eigenvalue weighted by atomic mass is 35.5. The molecule has 12 heteroatoms. The van der Waals surface area contributed by atoms with Gasteiger partial charge in [0.2, 0.25) is 11.3 Å². The minimum atomic E-state index is -1.48. The maximum atomic E-state index is 16.1. The lowest BCUT2D eigenvalue weighted by molar-refractivity contribution is -0.122. The molecule has 1 saturated heterocycles. The second kappa shape index (κ2) is 11.1. The van der Waals surface area contributed by atoms with Crippen LogP contribution in [0.2, 0.25) is 0 Å². The number of carbonyl (C=O) groups excluding carboxylic acids is 1. The summed E-state index contributed by atoms with van der Waals surface area (Å²) >= 11 is 0. The van der Waals surface area contributed by atoms with Crippen molar-refractivity contribution in [2.45, 2.75) is 44.7 Å². The van der Waals surface area contributed by atoms with Gasteiger partial charge < -0.3 is 31.4 Å². The number of rotatable bonds is 8. The summed E-state index contributed by atoms with van der Waals surface area (Å²) < 4.78 is 33.1. The van der Waals surface area contributed by atoms with Gasteiger partial charge in [0.15, 0.2) is 11.6 Å². The molecule has 214 valence electrons. The summed E-state index contributed by atoms with van der Waals surface area (Å²) in [5.41, 5.74) is 9.85. The summed E-state index contributed by atoms with van der Waals surface area (Å²) in [6.45, 7) is 2.68. The molecule has 1 saturated carbocycles. The molecule has 2 heterocycles. The predicted molar refractivity (Wildman–Crippen MR) is 151 cm³/mol. The van der Waals surface area contributed by atoms with E-state index >= 15 is 8.78 Å². The van der Waals surface area contributed by atoms with Gasteiger partial charge in [-0.3, -0.25) is 9.59 Å². The van der Waals surface area contributed by atoms with E-state index in [4.69, 9.17) is 11.5 Å². The Balaban J connectivity index is 0.00000370. The number of nitrogens with zero attached hydrogens (tertiary/aromatic N) is 2. The molecule has 1 amide bonds. The lowest BCUT2D eigenvalue weighted by Gasteiger charge is -2.28. The number of amides is 1. The minimum absolute atomic E-state index is 0. The second-order valence-electron chi connectivity index (χ2n) is 10.9. The van der Waals surface area contributed by atoms with Crippen LogP contribution in [0.15, 0.2) is 41.3 Å². The van der Waals surface area contributed by atoms with Gasteiger partial charge in [0, 0.05) is 37.3 Å². The zero-order chi connectivity index (χ0) is 28.1. The van der Waals surface area contributed by atoms with Crippen LogP contribution >= 0.6 is 12.4 Å². The molecular weight excluding hydrogens is 544 g/mol. The van der Waals surface area contributed by atoms with Gasteiger partial charge >= 0.3 is 5.97 Å². The highest BCUT2D eigenvalue weighted by Crippen LogP contribution is 2.43. The van der Waals surface area contributed by atoms with Gasteiger partial charge in [-0.2, -0.15) is 0 Å². The van der Waals surface area contributed by atoms with Crippen molar-refractivity contribution in [3.63, 3.8) is 0 Å². The van der Waals surface area contributed by atoms with Crippen LogP contribution in [0.5, 0.6) is 0 Å². The number of pyridine rings is 1. The lowest BCUT2D eigenvalue weighted by atomic mass is 9.89. The Morgan fingerprint density at radius 3 is 2.50 bits per heavy atom. The zero-order valence-corrected chi connectivity index (χ0v) is 22.8. The number of carbonyl (C=O) groups is 2. The van der Waals surface area contributed by atoms with Gasteiger partial charge in [0.1, 0.15) is 11.3 Å². The highest BCUT2D eigenvalue weighted by Gasteiger charge is 2.39. The first kappa shape index (κ1) is 29.3. The van der Waals surface area contributed by atoms with Crippen molar-refractivity contribution in [2.24, 2.45) is 11.1 Å². The molecule has 9 nitrogen and oxygen atoms in total. The molecule has 0 unspecified atom stereocenters. The Labute approximate surface area is 235 Å². The van der Waals surface area contributed by atoms with Gasteiger partial charge in [-0.15, -0.1) is 12.4 Å². The van der Waals surface area contributed by atoms with Crippen LogP contribution in [0.4, 0.5) is 20.2 Å². The largest absolute Gasteiger partial charge is 0.477 e. The Hall–Kier alpha value is -3.70. The number of fused-ring (bicyclic) bond motifs is 1. The van der Waals surface area contributed by atoms with E-state index in [9.17, 15) is 19.5 Å². The number of halogens is 3. The average molecular weight is 576 g/mol. The number of hydrogen-bond acceptors (Lipinski definition) is 6. The van der Waals surface area contributed by atoms with Crippen molar-refractivity contribution in [3.8, 4) is 0 Å². The monoisotopic (exact) mass is 575 g/mol. The number of carboxylic acids is 1. The van der Waals surface area contributed by atoms with Crippen LogP contribution in [-0.4, -0.2) is 47.2 Å². The Kier molecular flexibility index (Phi) is 8.09. The fourth-order valence-electron chi connectivity index (χ4n) is 5.37. The maximum absolute atomic E-state index is 16.1. The van der Waals surface area contributed by atoms with E-state index in [1.165, 1.54) is 9.47 Å². The summed E-state index contributed by atoms with van der Waals surface area (Å²) in [5, 5.41) is 11.9. The molecule has 1 aromatic heterocycles. The standard InChI is InChI=1S/C28H31F2N5O4.ClH/c1-28(13-33-26(37)18(31)11-15-5-3-2-4-6-15)9-10-34(14-28)24-20(29)22(32)19-23(21(24)30)35(16-7-8-16)12-17(25(19)36)27(38)39;/h2-6,12,16,18H,7-11,13-14,31-32H2,1H3,(H,33,37)(H,38,39);1H/t18-,28-;/m0./s1. The molecule has 2 fully saturated rings. The molecular formula is C28H32ClF2N5O4. The normalized spacial score (nSPS) is 19.4. The molecule has 1 aliphatic heterocycles. The number of nitrogen functional groups attached to an aromatic ring is 1. The number of aromatic carboxylic acids is 1. The van der Waals surface area contributed by atoms with Crippen molar-refractivity contribution < 1.29 is 23.5 Å². The maximum Gasteiger partial charge on any atom is 0.341 e. The summed E-state index contributed by atoms with van der Waals surface area (Å²) in [5.74, 6) is -3.84. The number of aromatic nitrogens is 1. The summed E-state index contributed by atoms with van der Waals surface area (Å²) in [6.07, 6.45) is 3.39. The van der Waals surface area contributed by atoms with Crippen LogP contribution in [0, 0.1) is 17.0 Å². The Bertz CT molecular complexity index is 1530. The highest BCUT2D eigenvalue weighted by molar-refractivity contribution is 5.99. The van der Waals surface area contributed by atoms with E-state index in [-0.39, 0.29) is 48.6 Å². The van der Waals surface area contributed by atoms with Gasteiger partial charge in [-0.1, -0.05) is 37.3 Å². The molecule has 40 heavy (non-hydrogen) atoms. The first-order valence-electron chi connectivity index (χ1n) is 12.9. The van der Waals surface area contributed by atoms with Gasteiger partial charge in [-0.25, -0.2) is 13.6 Å². The van der Waals surface area contributed by atoms with E-state index in [0.717, 1.165) is 11.8 Å². The fourth-order valence-corrected chi connectivity index (χ4v) is 5.37. The van der Waals surface area contributed by atoms with Crippen LogP contribution in [0.1, 0.15) is 48.1 Å². The molecule has 6 N–H and O–H groups in total. The van der Waals surface area contributed by atoms with Gasteiger partial charge in [0.05, 0.1) is 22.6 Å². The molecule has 2 aromatic carbocycles. The number of nitrogens with one attached hydrogen (secondary N) is 1. The van der Waals surface area contributed by atoms with E-state index in [1.807, 2.05) is 37.3 Å². The smallest absolute Gasteiger partial charge is 0.341 e. The number of benzene rings is 2. The summed E-state index contributed by atoms with van der Waals surface area (Å²) in [4.78, 5) is 38.7. The van der Waals surface area contributed by atoms with Crippen molar-refractivity contribution in [2.75, 3.05) is 30.3 Å². The van der Waals surface area contributed by atoms with E-state index < -0.39 is 51.1 Å². The number of nitrogens with two attached hydrogens (primary N) is 2. The zero-order valence-electron chi connectivity index (χ0n) is 22.0. The molecule has 3 aromatic rings. The second-order valence-corrected chi connectivity index (χ2v) is 10.9. The first-order valence-corrected chi connectivity index (χ1v) is 12.9. The third-order valence-corrected chi connectivity index (χ3v) is 7.73. The predicted octanol–water partition coefficient (Wildman–Crippen LogP) is 3.22. The number of anilines is 2. The first-order chi connectivity index (χ1) is 18.5. The SMILES string of the molecule is C[C@@]1(CNC(=O)[C@@H](N)Cc2ccccc2)CCN(c2c(F)c(N)c3c(=O)c(C(=O)O)cn(C4CC4)c3c2F)C1.Cl. The number of carboxylic acid groups (broad SMARTS) is 1. The van der Waals surface area contributed by atoms with E-state index in [1.54, 1.807) is 0 Å². The summed E-state index contributed by atoms with van der Waals surface area (Å²) in [7, 11) is 0. The molecule has 1 aliphatic carbocycles. The van der Waals surface area contributed by atoms with Crippen LogP contribution in [0.25, 0.3) is 10.9 Å². The Morgan fingerprint density at radius 2 is 1.88 bits per heavy atom. The average Bonchev–Trinajstić information content (AvgIpc) is 3.68. The Morgan fingerprint density at radius 1 is 1.20 bits per heavy atom. The minimum Gasteiger partial charge on any atom is -0.477 e. The third kappa shape index (κ3) is 5.35. The topological polar surface area (TPSA) is 144 Å². The fraction of sp³-hybridized carbons (Fsp3) is 0.393. The summed E-state index contributed by atoms with van der Waals surface area (Å²) in [6, 6.07) is 8.49. The van der Waals surface area contributed by atoms with Crippen molar-refractivity contribution in [3.05, 3.63) is 69.5 Å². The van der Waals surface area contributed by atoms with Gasteiger partial charge in [-0.05, 0) is 31.2 Å². The van der Waals surface area contributed by atoms with Crippen molar-refractivity contribution in [1.29, 1.82) is 0 Å². The van der Waals surface area contributed by atoms with E-state index in [2.05, 4.69) is 5.32 Å². The van der Waals surface area contributed by atoms with Crippen LogP contribution in [-0.2, 0) is 11.2 Å². The number of hydrogen-bond donors (Lipinski definition) is 4. The molecule has 0 radical (unpaired) electrons. The molecule has 5 rings (SSSR count). The van der Waals surface area contributed by atoms with Gasteiger partial charge in [0.25, 0.3) is 0 Å².